The smallest absolute Gasteiger partial charge is 0.339 e. The van der Waals surface area contributed by atoms with Crippen molar-refractivity contribution < 1.29 is 13.9 Å². The number of hydrogen-bond acceptors (Lipinski definition) is 4. The Labute approximate surface area is 165 Å². The average molecular weight is 383 g/mol. The molecular weight excluding hydrogens is 354 g/mol. The van der Waals surface area contributed by atoms with E-state index in [1.165, 1.54) is 19.3 Å². The number of rotatable bonds is 6. The van der Waals surface area contributed by atoms with Gasteiger partial charge in [0, 0.05) is 35.5 Å². The molecule has 0 radical (unpaired) electrons. The topological polar surface area (TPSA) is 59.8 Å². The number of amides is 1. The monoisotopic (exact) mass is 383 g/mol. The Bertz CT molecular complexity index is 922. The van der Waals surface area contributed by atoms with Gasteiger partial charge in [0.1, 0.15) is 11.3 Å². The van der Waals surface area contributed by atoms with E-state index in [0.29, 0.717) is 41.8 Å². The van der Waals surface area contributed by atoms with Crippen LogP contribution >= 0.6 is 0 Å². The molecule has 0 saturated heterocycles. The van der Waals surface area contributed by atoms with E-state index in [9.17, 15) is 9.59 Å². The quantitative estimate of drug-likeness (QED) is 0.695. The summed E-state index contributed by atoms with van der Waals surface area (Å²) >= 11 is 0. The molecule has 0 aliphatic heterocycles. The van der Waals surface area contributed by atoms with Gasteiger partial charge < -0.3 is 14.1 Å². The van der Waals surface area contributed by atoms with Crippen molar-refractivity contribution in [2.45, 2.75) is 76.8 Å². The Hall–Kier alpha value is -2.30. The maximum absolute atomic E-state index is 13.0. The van der Waals surface area contributed by atoms with Gasteiger partial charge in [0.25, 0.3) is 0 Å². The normalized spacial score (nSPS) is 17.6. The van der Waals surface area contributed by atoms with Crippen LogP contribution in [-0.4, -0.2) is 30.0 Å². The maximum atomic E-state index is 13.0. The average Bonchev–Trinajstić information content (AvgIpc) is 3.53. The molecule has 2 aromatic rings. The van der Waals surface area contributed by atoms with Crippen LogP contribution in [0, 0.1) is 6.92 Å². The van der Waals surface area contributed by atoms with Gasteiger partial charge in [0.15, 0.2) is 0 Å². The lowest BCUT2D eigenvalue weighted by atomic mass is 9.93. The fraction of sp³-hybridized carbons (Fsp3) is 0.565. The van der Waals surface area contributed by atoms with Crippen molar-refractivity contribution in [2.24, 2.45) is 0 Å². The third kappa shape index (κ3) is 3.80. The number of ether oxygens (including phenoxy) is 1. The van der Waals surface area contributed by atoms with Crippen LogP contribution < -0.4 is 10.4 Å². The predicted octanol–water partition coefficient (Wildman–Crippen LogP) is 4.37. The first-order valence-corrected chi connectivity index (χ1v) is 10.5. The van der Waals surface area contributed by atoms with Crippen LogP contribution in [0.2, 0.25) is 0 Å². The van der Waals surface area contributed by atoms with E-state index in [0.717, 1.165) is 36.6 Å². The number of carbonyl (C=O) groups excluding carboxylic acids is 1. The summed E-state index contributed by atoms with van der Waals surface area (Å²) in [6.07, 6.45) is 9.04. The van der Waals surface area contributed by atoms with Gasteiger partial charge in [0.2, 0.25) is 5.91 Å². The van der Waals surface area contributed by atoms with Gasteiger partial charge in [-0.1, -0.05) is 19.3 Å². The highest BCUT2D eigenvalue weighted by Crippen LogP contribution is 2.34. The molecule has 2 saturated carbocycles. The lowest BCUT2D eigenvalue weighted by Gasteiger charge is -2.34. The highest BCUT2D eigenvalue weighted by atomic mass is 16.5. The second-order valence-electron chi connectivity index (χ2n) is 8.18. The first-order chi connectivity index (χ1) is 13.6. The third-order valence-corrected chi connectivity index (χ3v) is 6.28. The zero-order valence-electron chi connectivity index (χ0n) is 16.8. The molecule has 1 amide bonds. The Morgan fingerprint density at radius 2 is 1.86 bits per heavy atom. The molecule has 1 heterocycles. The molecular formula is C23H29NO4. The summed E-state index contributed by atoms with van der Waals surface area (Å²) in [5.41, 5.74) is 1.70. The zero-order valence-corrected chi connectivity index (χ0v) is 16.8. The second-order valence-corrected chi connectivity index (χ2v) is 8.18. The molecule has 2 fully saturated rings. The van der Waals surface area contributed by atoms with Crippen LogP contribution in [0.5, 0.6) is 5.75 Å². The van der Waals surface area contributed by atoms with Gasteiger partial charge in [-0.15, -0.1) is 0 Å². The molecule has 0 N–H and O–H groups in total. The van der Waals surface area contributed by atoms with Gasteiger partial charge in [-0.05, 0) is 56.7 Å². The van der Waals surface area contributed by atoms with Crippen molar-refractivity contribution in [3.8, 4) is 5.75 Å². The summed E-state index contributed by atoms with van der Waals surface area (Å²) in [5.74, 6) is 0.855. The first kappa shape index (κ1) is 19.0. The Morgan fingerprint density at radius 1 is 1.14 bits per heavy atom. The summed E-state index contributed by atoms with van der Waals surface area (Å²) in [5, 5.41) is 0.897. The van der Waals surface area contributed by atoms with Crippen LogP contribution in [0.15, 0.2) is 27.4 Å². The molecule has 150 valence electrons. The maximum Gasteiger partial charge on any atom is 0.339 e. The van der Waals surface area contributed by atoms with Gasteiger partial charge >= 0.3 is 5.63 Å². The van der Waals surface area contributed by atoms with Gasteiger partial charge in [-0.3, -0.25) is 4.79 Å². The van der Waals surface area contributed by atoms with E-state index in [-0.39, 0.29) is 11.5 Å². The molecule has 5 nitrogen and oxygen atoms in total. The number of nitrogens with zero attached hydrogens (tertiary/aromatic N) is 1. The lowest BCUT2D eigenvalue weighted by molar-refractivity contribution is -0.134. The summed E-state index contributed by atoms with van der Waals surface area (Å²) in [7, 11) is 1.59. The molecule has 2 aliphatic rings. The van der Waals surface area contributed by atoms with Crippen LogP contribution in [0.1, 0.15) is 62.5 Å². The Balaban J connectivity index is 1.52. The number of methoxy groups -OCH3 is 1. The van der Waals surface area contributed by atoms with Crippen molar-refractivity contribution in [1.82, 2.24) is 4.90 Å². The summed E-state index contributed by atoms with van der Waals surface area (Å²) in [6, 6.07) is 6.34. The van der Waals surface area contributed by atoms with Crippen molar-refractivity contribution in [3.63, 3.8) is 0 Å². The number of carbonyl (C=O) groups is 1. The molecule has 28 heavy (non-hydrogen) atoms. The molecule has 2 aliphatic carbocycles. The molecule has 0 unspecified atom stereocenters. The fourth-order valence-electron chi connectivity index (χ4n) is 4.57. The van der Waals surface area contributed by atoms with Crippen LogP contribution in [0.25, 0.3) is 11.0 Å². The molecule has 0 atom stereocenters. The summed E-state index contributed by atoms with van der Waals surface area (Å²) in [6.45, 7) is 1.94. The van der Waals surface area contributed by atoms with Gasteiger partial charge in [0.05, 0.1) is 7.11 Å². The highest BCUT2D eigenvalue weighted by Gasteiger charge is 2.37. The third-order valence-electron chi connectivity index (χ3n) is 6.28. The van der Waals surface area contributed by atoms with E-state index in [1.54, 1.807) is 13.2 Å². The highest BCUT2D eigenvalue weighted by molar-refractivity contribution is 5.83. The standard InChI is InChI=1S/C23H29NO4/c1-15-19-11-10-18(27-2)14-21(19)28-23(26)20(15)12-13-22(25)24(17-8-9-17)16-6-4-3-5-7-16/h10-11,14,16-17H,3-9,12-13H2,1-2H3. The number of fused-ring (bicyclic) bond motifs is 1. The largest absolute Gasteiger partial charge is 0.497 e. The fourth-order valence-corrected chi connectivity index (χ4v) is 4.57. The van der Waals surface area contributed by atoms with Crippen molar-refractivity contribution in [3.05, 3.63) is 39.7 Å². The zero-order chi connectivity index (χ0) is 19.7. The molecule has 1 aromatic heterocycles. The van der Waals surface area contributed by atoms with Gasteiger partial charge in [-0.2, -0.15) is 0 Å². The number of aryl methyl sites for hydroxylation is 1. The minimum Gasteiger partial charge on any atom is -0.497 e. The summed E-state index contributed by atoms with van der Waals surface area (Å²) < 4.78 is 10.7. The van der Waals surface area contributed by atoms with E-state index >= 15 is 0 Å². The minimum absolute atomic E-state index is 0.197. The molecule has 1 aromatic carbocycles. The van der Waals surface area contributed by atoms with E-state index in [4.69, 9.17) is 9.15 Å². The van der Waals surface area contributed by atoms with Crippen molar-refractivity contribution >= 4 is 16.9 Å². The summed E-state index contributed by atoms with van der Waals surface area (Å²) in [4.78, 5) is 27.8. The van der Waals surface area contributed by atoms with E-state index < -0.39 is 0 Å². The SMILES string of the molecule is COc1ccc2c(C)c(CCC(=O)N(C3CCCCC3)C3CC3)c(=O)oc2c1. The second kappa shape index (κ2) is 7.98. The minimum atomic E-state index is -0.346. The predicted molar refractivity (Wildman–Crippen MR) is 109 cm³/mol. The van der Waals surface area contributed by atoms with Crippen LogP contribution in [0.3, 0.4) is 0 Å². The Morgan fingerprint density at radius 3 is 2.54 bits per heavy atom. The van der Waals surface area contributed by atoms with Crippen LogP contribution in [-0.2, 0) is 11.2 Å². The first-order valence-electron chi connectivity index (χ1n) is 10.5. The number of benzene rings is 1. The molecule has 0 spiro atoms. The Kier molecular flexibility index (Phi) is 5.42. The van der Waals surface area contributed by atoms with Crippen LogP contribution in [0.4, 0.5) is 0 Å². The molecule has 4 rings (SSSR count). The van der Waals surface area contributed by atoms with Gasteiger partial charge in [-0.25, -0.2) is 4.79 Å². The molecule has 5 heteroatoms. The number of hydrogen-bond donors (Lipinski definition) is 0. The van der Waals surface area contributed by atoms with E-state index in [1.807, 2.05) is 19.1 Å². The lowest BCUT2D eigenvalue weighted by Crippen LogP contribution is -2.43. The molecule has 0 bridgehead atoms. The van der Waals surface area contributed by atoms with E-state index in [2.05, 4.69) is 4.90 Å². The van der Waals surface area contributed by atoms with Crippen molar-refractivity contribution in [1.29, 1.82) is 0 Å². The van der Waals surface area contributed by atoms with Crippen molar-refractivity contribution in [2.75, 3.05) is 7.11 Å².